The smallest absolute Gasteiger partial charge is 0.416 e. The fourth-order valence-corrected chi connectivity index (χ4v) is 3.45. The number of carbonyl (C=O) groups is 2. The number of methoxy groups -OCH3 is 2. The van der Waals surface area contributed by atoms with Crippen LogP contribution in [0, 0.1) is 0 Å². The van der Waals surface area contributed by atoms with Gasteiger partial charge in [0, 0.05) is 17.7 Å². The average Bonchev–Trinajstić information content (AvgIpc) is 2.90. The highest BCUT2D eigenvalue weighted by molar-refractivity contribution is 5.91. The quantitative estimate of drug-likeness (QED) is 0.348. The lowest BCUT2D eigenvalue weighted by Gasteiger charge is -2.17. The zero-order valence-corrected chi connectivity index (χ0v) is 20.0. The third kappa shape index (κ3) is 7.14. The third-order valence-corrected chi connectivity index (χ3v) is 5.30. The Kier molecular flexibility index (Phi) is 8.96. The van der Waals surface area contributed by atoms with Crippen LogP contribution < -0.4 is 20.1 Å². The van der Waals surface area contributed by atoms with E-state index < -0.39 is 30.3 Å². The molecule has 3 N–H and O–H groups in total. The molecule has 37 heavy (non-hydrogen) atoms. The number of alkyl halides is 3. The third-order valence-electron chi connectivity index (χ3n) is 5.30. The molecule has 0 bridgehead atoms. The molecule has 11 heteroatoms. The number of rotatable bonds is 9. The number of aliphatic hydroxyl groups is 1. The van der Waals surface area contributed by atoms with Crippen molar-refractivity contribution in [3.05, 3.63) is 88.5 Å². The van der Waals surface area contributed by atoms with E-state index in [2.05, 4.69) is 15.4 Å². The summed E-state index contributed by atoms with van der Waals surface area (Å²) in [6, 6.07) is 14.3. The van der Waals surface area contributed by atoms with Gasteiger partial charge in [0.1, 0.15) is 18.1 Å². The van der Waals surface area contributed by atoms with Crippen molar-refractivity contribution in [1.82, 2.24) is 5.32 Å². The van der Waals surface area contributed by atoms with Gasteiger partial charge in [-0.15, -0.1) is 0 Å². The predicted molar refractivity (Wildman–Crippen MR) is 128 cm³/mol. The van der Waals surface area contributed by atoms with Gasteiger partial charge in [-0.25, -0.2) is 9.59 Å². The molecule has 8 nitrogen and oxygen atoms in total. The number of urea groups is 1. The van der Waals surface area contributed by atoms with Crippen LogP contribution in [0.15, 0.2) is 60.7 Å². The first-order valence-corrected chi connectivity index (χ1v) is 11.0. The lowest BCUT2D eigenvalue weighted by Crippen LogP contribution is -2.29. The summed E-state index contributed by atoms with van der Waals surface area (Å²) in [4.78, 5) is 24.1. The first kappa shape index (κ1) is 27.3. The van der Waals surface area contributed by atoms with Gasteiger partial charge in [0.05, 0.1) is 37.6 Å². The monoisotopic (exact) mass is 518 g/mol. The van der Waals surface area contributed by atoms with Crippen LogP contribution >= 0.6 is 0 Å². The first-order chi connectivity index (χ1) is 17.7. The van der Waals surface area contributed by atoms with E-state index in [1.54, 1.807) is 48.5 Å². The van der Waals surface area contributed by atoms with E-state index in [1.807, 2.05) is 0 Å². The van der Waals surface area contributed by atoms with E-state index in [1.165, 1.54) is 14.2 Å². The van der Waals surface area contributed by atoms with Crippen molar-refractivity contribution in [3.8, 4) is 11.5 Å². The number of carbonyl (C=O) groups excluding carboxylic acids is 2. The van der Waals surface area contributed by atoms with Gasteiger partial charge in [0.2, 0.25) is 0 Å². The molecule has 3 rings (SSSR count). The molecule has 0 unspecified atom stereocenters. The van der Waals surface area contributed by atoms with Gasteiger partial charge in [-0.2, -0.15) is 13.2 Å². The summed E-state index contributed by atoms with van der Waals surface area (Å²) in [5.74, 6) is -0.0378. The summed E-state index contributed by atoms with van der Waals surface area (Å²) in [5.41, 5.74) is 0.432. The Hall–Kier alpha value is -4.25. The number of hydrogen-bond acceptors (Lipinski definition) is 6. The molecule has 0 saturated carbocycles. The first-order valence-electron chi connectivity index (χ1n) is 11.0. The van der Waals surface area contributed by atoms with Crippen molar-refractivity contribution in [2.75, 3.05) is 19.5 Å². The highest BCUT2D eigenvalue weighted by atomic mass is 19.4. The van der Waals surface area contributed by atoms with Gasteiger partial charge >= 0.3 is 18.2 Å². The van der Waals surface area contributed by atoms with E-state index in [-0.39, 0.29) is 30.2 Å². The Labute approximate surface area is 211 Å². The number of halogens is 3. The molecule has 0 radical (unpaired) electrons. The Morgan fingerprint density at radius 2 is 1.68 bits per heavy atom. The summed E-state index contributed by atoms with van der Waals surface area (Å²) >= 11 is 0. The number of aliphatic hydroxyl groups excluding tert-OH is 1. The lowest BCUT2D eigenvalue weighted by molar-refractivity contribution is -0.137. The van der Waals surface area contributed by atoms with Crippen molar-refractivity contribution < 1.29 is 42.1 Å². The molecule has 2 amide bonds. The van der Waals surface area contributed by atoms with Crippen LogP contribution in [-0.2, 0) is 30.7 Å². The maximum absolute atomic E-state index is 13.3. The van der Waals surface area contributed by atoms with Crippen LogP contribution in [0.1, 0.15) is 32.6 Å². The number of ether oxygens (including phenoxy) is 3. The Balaban J connectivity index is 1.67. The number of benzene rings is 3. The number of amides is 2. The van der Waals surface area contributed by atoms with E-state index in [0.717, 1.165) is 17.7 Å². The van der Waals surface area contributed by atoms with E-state index >= 15 is 0 Å². The van der Waals surface area contributed by atoms with Crippen LogP contribution in [0.5, 0.6) is 11.5 Å². The van der Waals surface area contributed by atoms with Crippen molar-refractivity contribution in [1.29, 1.82) is 0 Å². The molecule has 0 aromatic heterocycles. The standard InChI is InChI=1S/C26H25F3N2O6/c1-35-23-19(14-32)11-20(26(27,28)29)12-21(23)31-25(34)30-13-18-5-3-4-6-22(18)37-15-16-7-9-17(10-8-16)24(33)36-2/h3-12,32H,13-15H2,1-2H3,(H2,30,31,34). The second-order valence-corrected chi connectivity index (χ2v) is 7.76. The fourth-order valence-electron chi connectivity index (χ4n) is 3.45. The van der Waals surface area contributed by atoms with Gasteiger partial charge in [-0.05, 0) is 35.9 Å². The van der Waals surface area contributed by atoms with Gasteiger partial charge < -0.3 is 30.0 Å². The Bertz CT molecular complexity index is 1250. The van der Waals surface area contributed by atoms with Crippen molar-refractivity contribution in [2.24, 2.45) is 0 Å². The topological polar surface area (TPSA) is 106 Å². The average molecular weight is 518 g/mol. The molecule has 0 spiro atoms. The molecule has 0 aliphatic rings. The van der Waals surface area contributed by atoms with Gasteiger partial charge in [-0.1, -0.05) is 30.3 Å². The maximum Gasteiger partial charge on any atom is 0.416 e. The predicted octanol–water partition coefficient (Wildman–Crippen LogP) is 4.89. The zero-order valence-electron chi connectivity index (χ0n) is 20.0. The number of para-hydroxylation sites is 1. The fraction of sp³-hybridized carbons (Fsp3) is 0.231. The molecule has 196 valence electrons. The van der Waals surface area contributed by atoms with Gasteiger partial charge in [0.25, 0.3) is 0 Å². The molecule has 0 atom stereocenters. The second-order valence-electron chi connectivity index (χ2n) is 7.76. The molecular weight excluding hydrogens is 493 g/mol. The van der Waals surface area contributed by atoms with Gasteiger partial charge in [0.15, 0.2) is 0 Å². The molecule has 0 heterocycles. The number of esters is 1. The maximum atomic E-state index is 13.3. The van der Waals surface area contributed by atoms with E-state index in [4.69, 9.17) is 9.47 Å². The molecule has 0 fully saturated rings. The minimum Gasteiger partial charge on any atom is -0.494 e. The van der Waals surface area contributed by atoms with E-state index in [0.29, 0.717) is 16.9 Å². The molecule has 3 aromatic carbocycles. The van der Waals surface area contributed by atoms with Crippen molar-refractivity contribution in [2.45, 2.75) is 25.9 Å². The number of anilines is 1. The summed E-state index contributed by atoms with van der Waals surface area (Å²) in [6.45, 7) is -0.507. The largest absolute Gasteiger partial charge is 0.494 e. The highest BCUT2D eigenvalue weighted by Crippen LogP contribution is 2.38. The van der Waals surface area contributed by atoms with Crippen LogP contribution in [-0.4, -0.2) is 31.3 Å². The van der Waals surface area contributed by atoms with Crippen LogP contribution in [0.25, 0.3) is 0 Å². The van der Waals surface area contributed by atoms with Crippen molar-refractivity contribution in [3.63, 3.8) is 0 Å². The van der Waals surface area contributed by atoms with Gasteiger partial charge in [-0.3, -0.25) is 0 Å². The lowest BCUT2D eigenvalue weighted by atomic mass is 10.1. The summed E-state index contributed by atoms with van der Waals surface area (Å²) < 4.78 is 55.4. The van der Waals surface area contributed by atoms with Crippen LogP contribution in [0.2, 0.25) is 0 Å². The highest BCUT2D eigenvalue weighted by Gasteiger charge is 2.32. The SMILES string of the molecule is COC(=O)c1ccc(COc2ccccc2CNC(=O)Nc2cc(C(F)(F)F)cc(CO)c2OC)cc1. The minimum atomic E-state index is -4.68. The minimum absolute atomic E-state index is 0.0113. The van der Waals surface area contributed by atoms with Crippen LogP contribution in [0.3, 0.4) is 0 Å². The molecular formula is C26H25F3N2O6. The normalized spacial score (nSPS) is 11.0. The summed E-state index contributed by atoms with van der Waals surface area (Å²) in [7, 11) is 2.52. The summed E-state index contributed by atoms with van der Waals surface area (Å²) in [5, 5.41) is 14.4. The zero-order chi connectivity index (χ0) is 27.0. The molecule has 0 aliphatic carbocycles. The number of nitrogens with one attached hydrogen (secondary N) is 2. The second kappa shape index (κ2) is 12.1. The number of hydrogen-bond donors (Lipinski definition) is 3. The molecule has 0 aliphatic heterocycles. The van der Waals surface area contributed by atoms with Crippen molar-refractivity contribution >= 4 is 17.7 Å². The molecule has 0 saturated heterocycles. The van der Waals surface area contributed by atoms with E-state index in [9.17, 15) is 27.9 Å². The van der Waals surface area contributed by atoms with Crippen LogP contribution in [0.4, 0.5) is 23.7 Å². The Morgan fingerprint density at radius 3 is 2.30 bits per heavy atom. The summed E-state index contributed by atoms with van der Waals surface area (Å²) in [6.07, 6.45) is -4.68. The Morgan fingerprint density at radius 1 is 0.973 bits per heavy atom. The molecule has 3 aromatic rings.